The van der Waals surface area contributed by atoms with Gasteiger partial charge < -0.3 is 14.4 Å². The van der Waals surface area contributed by atoms with Crippen LogP contribution in [0.3, 0.4) is 0 Å². The van der Waals surface area contributed by atoms with Crippen molar-refractivity contribution in [2.75, 3.05) is 13.2 Å². The van der Waals surface area contributed by atoms with Crippen LogP contribution in [0.1, 0.15) is 24.0 Å². The van der Waals surface area contributed by atoms with Gasteiger partial charge in [0.1, 0.15) is 6.61 Å². The fourth-order valence-electron chi connectivity index (χ4n) is 3.49. The smallest absolute Gasteiger partial charge is 0.285 e. The van der Waals surface area contributed by atoms with Crippen LogP contribution in [0.25, 0.3) is 11.1 Å². The highest BCUT2D eigenvalue weighted by Crippen LogP contribution is 2.32. The van der Waals surface area contributed by atoms with Gasteiger partial charge in [0.05, 0.1) is 6.10 Å². The molecular formula is C20H22N2O2. The molecule has 1 N–H and O–H groups in total. The van der Waals surface area contributed by atoms with Crippen molar-refractivity contribution in [2.45, 2.75) is 32.0 Å². The summed E-state index contributed by atoms with van der Waals surface area (Å²) in [6.45, 7) is 2.66. The highest BCUT2D eigenvalue weighted by Gasteiger charge is 2.23. The predicted molar refractivity (Wildman–Crippen MR) is 93.8 cm³/mol. The lowest BCUT2D eigenvalue weighted by Gasteiger charge is -2.24. The second-order valence-corrected chi connectivity index (χ2v) is 6.42. The standard InChI is InChI=1S/C20H22N2O2/c21-20(24-14-17-8-5-11-23-17)22-12-15-6-1-3-9-18(15)19-10-4-2-7-16(19)13-22/h1-4,6-7,9-10,17,21H,5,8,11-14H2. The van der Waals surface area contributed by atoms with E-state index in [1.165, 1.54) is 22.3 Å². The number of amidine groups is 1. The summed E-state index contributed by atoms with van der Waals surface area (Å²) in [5, 5.41) is 8.38. The Kier molecular flexibility index (Phi) is 4.22. The van der Waals surface area contributed by atoms with Gasteiger partial charge in [-0.05, 0) is 35.1 Å². The van der Waals surface area contributed by atoms with Crippen LogP contribution in [0.2, 0.25) is 0 Å². The molecule has 0 aliphatic carbocycles. The third-order valence-electron chi connectivity index (χ3n) is 4.76. The first kappa shape index (κ1) is 15.2. The van der Waals surface area contributed by atoms with E-state index in [0.29, 0.717) is 19.7 Å². The van der Waals surface area contributed by atoms with E-state index >= 15 is 0 Å². The molecule has 4 rings (SSSR count). The van der Waals surface area contributed by atoms with Crippen LogP contribution in [0, 0.1) is 5.41 Å². The van der Waals surface area contributed by atoms with Crippen molar-refractivity contribution >= 4 is 6.02 Å². The van der Waals surface area contributed by atoms with Crippen LogP contribution in [-0.2, 0) is 22.6 Å². The Morgan fingerprint density at radius 1 is 1.04 bits per heavy atom. The molecule has 0 bridgehead atoms. The van der Waals surface area contributed by atoms with Crippen molar-refractivity contribution in [1.82, 2.24) is 4.90 Å². The lowest BCUT2D eigenvalue weighted by molar-refractivity contribution is 0.0546. The first-order chi connectivity index (χ1) is 11.8. The molecule has 2 aromatic carbocycles. The molecule has 0 amide bonds. The molecule has 0 aromatic heterocycles. The van der Waals surface area contributed by atoms with Crippen molar-refractivity contribution < 1.29 is 9.47 Å². The van der Waals surface area contributed by atoms with Crippen molar-refractivity contribution in [2.24, 2.45) is 0 Å². The van der Waals surface area contributed by atoms with Crippen LogP contribution >= 0.6 is 0 Å². The molecule has 0 saturated carbocycles. The Balaban J connectivity index is 1.56. The average Bonchev–Trinajstić information content (AvgIpc) is 3.07. The Morgan fingerprint density at radius 2 is 1.67 bits per heavy atom. The van der Waals surface area contributed by atoms with E-state index in [2.05, 4.69) is 48.5 Å². The van der Waals surface area contributed by atoms with Gasteiger partial charge in [0.25, 0.3) is 6.02 Å². The highest BCUT2D eigenvalue weighted by atomic mass is 16.5. The van der Waals surface area contributed by atoms with Crippen LogP contribution < -0.4 is 0 Å². The topological polar surface area (TPSA) is 45.6 Å². The molecule has 1 unspecified atom stereocenters. The monoisotopic (exact) mass is 322 g/mol. The maximum absolute atomic E-state index is 8.38. The van der Waals surface area contributed by atoms with E-state index in [-0.39, 0.29) is 12.1 Å². The number of hydrogen-bond acceptors (Lipinski definition) is 3. The molecule has 1 fully saturated rings. The number of benzene rings is 2. The van der Waals surface area contributed by atoms with Gasteiger partial charge in [-0.1, -0.05) is 48.5 Å². The molecule has 2 aromatic rings. The molecule has 2 heterocycles. The fourth-order valence-corrected chi connectivity index (χ4v) is 3.49. The minimum Gasteiger partial charge on any atom is -0.463 e. The normalized spacial score (nSPS) is 19.3. The van der Waals surface area contributed by atoms with Gasteiger partial charge in [-0.2, -0.15) is 0 Å². The van der Waals surface area contributed by atoms with Crippen molar-refractivity contribution in [3.8, 4) is 11.1 Å². The SMILES string of the molecule is N=C(OCC1CCCO1)N1Cc2ccccc2-c2ccccc2C1. The molecule has 4 nitrogen and oxygen atoms in total. The van der Waals surface area contributed by atoms with Gasteiger partial charge >= 0.3 is 0 Å². The van der Waals surface area contributed by atoms with Crippen LogP contribution in [-0.4, -0.2) is 30.2 Å². The number of hydrogen-bond donors (Lipinski definition) is 1. The van der Waals surface area contributed by atoms with Crippen molar-refractivity contribution in [3.63, 3.8) is 0 Å². The quantitative estimate of drug-likeness (QED) is 0.676. The zero-order valence-corrected chi connectivity index (χ0v) is 13.7. The zero-order chi connectivity index (χ0) is 16.4. The van der Waals surface area contributed by atoms with Gasteiger partial charge in [-0.25, -0.2) is 0 Å². The molecule has 124 valence electrons. The predicted octanol–water partition coefficient (Wildman–Crippen LogP) is 3.80. The number of rotatable bonds is 2. The molecular weight excluding hydrogens is 300 g/mol. The summed E-state index contributed by atoms with van der Waals surface area (Å²) in [7, 11) is 0. The molecule has 2 aliphatic heterocycles. The Hall–Kier alpha value is -2.33. The maximum atomic E-state index is 8.38. The van der Waals surface area contributed by atoms with Gasteiger partial charge in [0, 0.05) is 19.7 Å². The van der Waals surface area contributed by atoms with Gasteiger partial charge in [-0.15, -0.1) is 0 Å². The molecule has 4 heteroatoms. The molecule has 1 atom stereocenters. The fraction of sp³-hybridized carbons (Fsp3) is 0.350. The first-order valence-electron chi connectivity index (χ1n) is 8.55. The molecule has 0 spiro atoms. The van der Waals surface area contributed by atoms with Crippen molar-refractivity contribution in [1.29, 1.82) is 5.41 Å². The average molecular weight is 322 g/mol. The van der Waals surface area contributed by atoms with E-state index in [1.54, 1.807) is 0 Å². The summed E-state index contributed by atoms with van der Waals surface area (Å²) in [5.74, 6) is 0. The molecule has 0 radical (unpaired) electrons. The largest absolute Gasteiger partial charge is 0.463 e. The number of ether oxygens (including phenoxy) is 2. The second kappa shape index (κ2) is 6.65. The number of nitrogens with one attached hydrogen (secondary N) is 1. The van der Waals surface area contributed by atoms with E-state index in [4.69, 9.17) is 14.9 Å². The summed E-state index contributed by atoms with van der Waals surface area (Å²) in [4.78, 5) is 2.00. The lowest BCUT2D eigenvalue weighted by atomic mass is 9.97. The Bertz CT molecular complexity index is 690. The number of nitrogens with zero attached hydrogens (tertiary/aromatic N) is 1. The third-order valence-corrected chi connectivity index (χ3v) is 4.76. The molecule has 24 heavy (non-hydrogen) atoms. The lowest BCUT2D eigenvalue weighted by Crippen LogP contribution is -2.32. The minimum atomic E-state index is 0.136. The summed E-state index contributed by atoms with van der Waals surface area (Å²) in [5.41, 5.74) is 4.96. The summed E-state index contributed by atoms with van der Waals surface area (Å²) < 4.78 is 11.3. The van der Waals surface area contributed by atoms with E-state index in [1.807, 2.05) is 4.90 Å². The minimum absolute atomic E-state index is 0.136. The van der Waals surface area contributed by atoms with Gasteiger partial charge in [-0.3, -0.25) is 5.41 Å². The van der Waals surface area contributed by atoms with Gasteiger partial charge in [0.15, 0.2) is 0 Å². The first-order valence-corrected chi connectivity index (χ1v) is 8.55. The number of fused-ring (bicyclic) bond motifs is 3. The summed E-state index contributed by atoms with van der Waals surface area (Å²) in [6, 6.07) is 17.1. The van der Waals surface area contributed by atoms with Crippen molar-refractivity contribution in [3.05, 3.63) is 59.7 Å². The molecule has 1 saturated heterocycles. The summed E-state index contributed by atoms with van der Waals surface area (Å²) >= 11 is 0. The van der Waals surface area contributed by atoms with Gasteiger partial charge in [0.2, 0.25) is 0 Å². The maximum Gasteiger partial charge on any atom is 0.285 e. The van der Waals surface area contributed by atoms with Crippen LogP contribution in [0.4, 0.5) is 0 Å². The highest BCUT2D eigenvalue weighted by molar-refractivity contribution is 5.76. The van der Waals surface area contributed by atoms with Crippen LogP contribution in [0.5, 0.6) is 0 Å². The van der Waals surface area contributed by atoms with E-state index in [0.717, 1.165) is 19.4 Å². The van der Waals surface area contributed by atoms with E-state index < -0.39 is 0 Å². The van der Waals surface area contributed by atoms with Crippen LogP contribution in [0.15, 0.2) is 48.5 Å². The summed E-state index contributed by atoms with van der Waals surface area (Å²) in [6.07, 6.45) is 2.25. The Labute approximate surface area is 142 Å². The Morgan fingerprint density at radius 3 is 2.25 bits per heavy atom. The molecule has 2 aliphatic rings. The zero-order valence-electron chi connectivity index (χ0n) is 13.7. The third kappa shape index (κ3) is 3.02. The van der Waals surface area contributed by atoms with E-state index in [9.17, 15) is 0 Å². The second-order valence-electron chi connectivity index (χ2n) is 6.42.